The highest BCUT2D eigenvalue weighted by atomic mass is 19.1. The zero-order chi connectivity index (χ0) is 14.2. The van der Waals surface area contributed by atoms with Crippen LogP contribution in [0.2, 0.25) is 0 Å². The first-order valence-electron chi connectivity index (χ1n) is 6.23. The fraction of sp³-hybridized carbons (Fsp3) is 0.429. The lowest BCUT2D eigenvalue weighted by molar-refractivity contribution is -0.156. The highest BCUT2D eigenvalue weighted by molar-refractivity contribution is 6.01. The van der Waals surface area contributed by atoms with E-state index >= 15 is 0 Å². The number of hydrogen-bond donors (Lipinski definition) is 1. The minimum absolute atomic E-state index is 0.213. The van der Waals surface area contributed by atoms with Crippen LogP contribution in [0, 0.1) is 5.82 Å². The number of nitrogens with zero attached hydrogens (tertiary/aromatic N) is 1. The summed E-state index contributed by atoms with van der Waals surface area (Å²) in [6, 6.07) is 5.45. The van der Waals surface area contributed by atoms with E-state index in [9.17, 15) is 14.0 Å². The predicted molar refractivity (Wildman–Crippen MR) is 68.5 cm³/mol. The van der Waals surface area contributed by atoms with E-state index in [1.807, 2.05) is 0 Å². The molecular formula is C14H17FN2O2. The Balaban J connectivity index is 2.46. The fourth-order valence-corrected chi connectivity index (χ4v) is 2.47. The monoisotopic (exact) mass is 264 g/mol. The second-order valence-electron chi connectivity index (χ2n) is 5.25. The highest BCUT2D eigenvalue weighted by Crippen LogP contribution is 2.33. The summed E-state index contributed by atoms with van der Waals surface area (Å²) in [5, 5.41) is 0. The van der Waals surface area contributed by atoms with Crippen LogP contribution in [0.3, 0.4) is 0 Å². The zero-order valence-electron chi connectivity index (χ0n) is 11.0. The van der Waals surface area contributed by atoms with Gasteiger partial charge in [0.05, 0.1) is 11.6 Å². The number of carbonyl (C=O) groups excluding carboxylic acids is 2. The molecule has 0 unspecified atom stereocenters. The molecule has 0 radical (unpaired) electrons. The van der Waals surface area contributed by atoms with Crippen LogP contribution in [0.25, 0.3) is 0 Å². The van der Waals surface area contributed by atoms with Crippen molar-refractivity contribution in [3.05, 3.63) is 35.6 Å². The van der Waals surface area contributed by atoms with Gasteiger partial charge in [-0.25, -0.2) is 4.39 Å². The van der Waals surface area contributed by atoms with E-state index in [-0.39, 0.29) is 12.3 Å². The van der Waals surface area contributed by atoms with E-state index in [2.05, 4.69) is 0 Å². The topological polar surface area (TPSA) is 63.4 Å². The van der Waals surface area contributed by atoms with Gasteiger partial charge in [0.15, 0.2) is 0 Å². The Hall–Kier alpha value is -1.75. The van der Waals surface area contributed by atoms with Gasteiger partial charge in [-0.1, -0.05) is 18.2 Å². The van der Waals surface area contributed by atoms with Gasteiger partial charge in [0.2, 0.25) is 11.8 Å². The average Bonchev–Trinajstić information content (AvgIpc) is 2.34. The van der Waals surface area contributed by atoms with Crippen molar-refractivity contribution in [1.29, 1.82) is 0 Å². The number of benzene rings is 1. The van der Waals surface area contributed by atoms with Gasteiger partial charge in [0.1, 0.15) is 5.82 Å². The molecule has 1 saturated heterocycles. The Labute approximate surface area is 111 Å². The number of carbonyl (C=O) groups is 2. The summed E-state index contributed by atoms with van der Waals surface area (Å²) < 4.78 is 13.9. The lowest BCUT2D eigenvalue weighted by Crippen LogP contribution is -2.58. The van der Waals surface area contributed by atoms with Gasteiger partial charge >= 0.3 is 0 Å². The van der Waals surface area contributed by atoms with Crippen LogP contribution in [0.5, 0.6) is 0 Å². The van der Waals surface area contributed by atoms with Gasteiger partial charge in [-0.3, -0.25) is 14.5 Å². The van der Waals surface area contributed by atoms with Crippen molar-refractivity contribution in [2.24, 2.45) is 5.73 Å². The molecule has 0 saturated carbocycles. The average molecular weight is 264 g/mol. The van der Waals surface area contributed by atoms with Crippen LogP contribution >= 0.6 is 0 Å². The Kier molecular flexibility index (Phi) is 3.41. The molecule has 2 rings (SSSR count). The molecule has 0 aliphatic carbocycles. The molecule has 2 N–H and O–H groups in total. The number of nitrogens with two attached hydrogens (primary N) is 1. The minimum Gasteiger partial charge on any atom is -0.320 e. The Morgan fingerprint density at radius 1 is 1.32 bits per heavy atom. The number of imide groups is 1. The number of amides is 2. The second kappa shape index (κ2) is 4.74. The maximum atomic E-state index is 13.9. The number of halogens is 1. The van der Waals surface area contributed by atoms with Crippen molar-refractivity contribution in [3.63, 3.8) is 0 Å². The third-order valence-corrected chi connectivity index (χ3v) is 3.55. The van der Waals surface area contributed by atoms with Crippen molar-refractivity contribution in [1.82, 2.24) is 4.90 Å². The van der Waals surface area contributed by atoms with Crippen LogP contribution in [-0.2, 0) is 15.1 Å². The van der Waals surface area contributed by atoms with E-state index in [4.69, 9.17) is 5.73 Å². The molecule has 1 aromatic carbocycles. The van der Waals surface area contributed by atoms with Crippen LogP contribution < -0.4 is 5.73 Å². The Morgan fingerprint density at radius 3 is 2.58 bits per heavy atom. The molecule has 1 aliphatic heterocycles. The summed E-state index contributed by atoms with van der Waals surface area (Å²) in [5.74, 6) is -1.18. The number of rotatable bonds is 2. The molecular weight excluding hydrogens is 247 g/mol. The van der Waals surface area contributed by atoms with Gasteiger partial charge in [-0.2, -0.15) is 0 Å². The summed E-state index contributed by atoms with van der Waals surface area (Å²) in [6.45, 7) is 3.30. The van der Waals surface area contributed by atoms with Gasteiger partial charge < -0.3 is 5.73 Å². The summed E-state index contributed by atoms with van der Waals surface area (Å²) >= 11 is 0. The zero-order valence-corrected chi connectivity index (χ0v) is 11.0. The Bertz CT molecular complexity index is 528. The molecule has 2 amide bonds. The largest absolute Gasteiger partial charge is 0.320 e. The molecule has 19 heavy (non-hydrogen) atoms. The smallest absolute Gasteiger partial charge is 0.246 e. The standard InChI is InChI=1S/C14H17FN2O2/c1-14(2,9-5-3-4-6-10(9)15)17-12(18)8-7-11(16)13(17)19/h3-6,11H,7-8,16H2,1-2H3/t11-/m0/s1. The van der Waals surface area contributed by atoms with Crippen molar-refractivity contribution in [3.8, 4) is 0 Å². The molecule has 1 heterocycles. The second-order valence-corrected chi connectivity index (χ2v) is 5.25. The highest BCUT2D eigenvalue weighted by Gasteiger charge is 2.43. The molecule has 1 atom stereocenters. The lowest BCUT2D eigenvalue weighted by atomic mass is 9.88. The predicted octanol–water partition coefficient (Wildman–Crippen LogP) is 1.54. The first kappa shape index (κ1) is 13.7. The SMILES string of the molecule is CC(C)(c1ccccc1F)N1C(=O)CC[C@H](N)C1=O. The normalized spacial score (nSPS) is 20.8. The maximum absolute atomic E-state index is 13.9. The summed E-state index contributed by atoms with van der Waals surface area (Å²) in [6.07, 6.45) is 0.562. The molecule has 0 aromatic heterocycles. The van der Waals surface area contributed by atoms with Gasteiger partial charge in [0, 0.05) is 12.0 Å². The van der Waals surface area contributed by atoms with Crippen molar-refractivity contribution >= 4 is 11.8 Å². The quantitative estimate of drug-likeness (QED) is 0.824. The van der Waals surface area contributed by atoms with E-state index in [0.717, 1.165) is 4.90 Å². The fourth-order valence-electron chi connectivity index (χ4n) is 2.47. The summed E-state index contributed by atoms with van der Waals surface area (Å²) in [7, 11) is 0. The molecule has 5 heteroatoms. The molecule has 1 aliphatic rings. The van der Waals surface area contributed by atoms with Crippen LogP contribution in [0.15, 0.2) is 24.3 Å². The lowest BCUT2D eigenvalue weighted by Gasteiger charge is -2.41. The third kappa shape index (κ3) is 2.26. The van der Waals surface area contributed by atoms with Crippen LogP contribution in [-0.4, -0.2) is 22.8 Å². The molecule has 1 aromatic rings. The summed E-state index contributed by atoms with van der Waals surface area (Å²) in [4.78, 5) is 25.2. The van der Waals surface area contributed by atoms with Gasteiger partial charge in [-0.15, -0.1) is 0 Å². The number of piperidine rings is 1. The third-order valence-electron chi connectivity index (χ3n) is 3.55. The van der Waals surface area contributed by atoms with Crippen molar-refractivity contribution in [2.75, 3.05) is 0 Å². The Morgan fingerprint density at radius 2 is 1.95 bits per heavy atom. The maximum Gasteiger partial charge on any atom is 0.246 e. The molecule has 0 bridgehead atoms. The molecule has 0 spiro atoms. The van der Waals surface area contributed by atoms with Crippen LogP contribution in [0.1, 0.15) is 32.3 Å². The van der Waals surface area contributed by atoms with Gasteiger partial charge in [0.25, 0.3) is 0 Å². The van der Waals surface area contributed by atoms with Crippen LogP contribution in [0.4, 0.5) is 4.39 Å². The first-order valence-corrected chi connectivity index (χ1v) is 6.23. The van der Waals surface area contributed by atoms with Crippen molar-refractivity contribution in [2.45, 2.75) is 38.3 Å². The number of likely N-dealkylation sites (tertiary alicyclic amines) is 1. The summed E-state index contributed by atoms with van der Waals surface area (Å²) in [5.41, 5.74) is 4.97. The molecule has 102 valence electrons. The van der Waals surface area contributed by atoms with E-state index < -0.39 is 23.3 Å². The molecule has 4 nitrogen and oxygen atoms in total. The number of hydrogen-bond acceptors (Lipinski definition) is 3. The van der Waals surface area contributed by atoms with E-state index in [1.54, 1.807) is 32.0 Å². The van der Waals surface area contributed by atoms with E-state index in [0.29, 0.717) is 12.0 Å². The van der Waals surface area contributed by atoms with Gasteiger partial charge in [-0.05, 0) is 26.3 Å². The minimum atomic E-state index is -1.04. The van der Waals surface area contributed by atoms with Crippen molar-refractivity contribution < 1.29 is 14.0 Å². The molecule has 1 fully saturated rings. The first-order chi connectivity index (χ1) is 8.85. The van der Waals surface area contributed by atoms with E-state index in [1.165, 1.54) is 6.07 Å².